The van der Waals surface area contributed by atoms with Crippen molar-refractivity contribution >= 4 is 49.8 Å². The summed E-state index contributed by atoms with van der Waals surface area (Å²) in [6.45, 7) is 0. The Morgan fingerprint density at radius 2 is 0.958 bits per heavy atom. The second-order valence-electron chi connectivity index (χ2n) is 12.1. The molecule has 0 atom stereocenters. The maximum Gasteiger partial charge on any atom is 0.153 e. The van der Waals surface area contributed by atoms with Crippen LogP contribution < -0.4 is 4.90 Å². The van der Waals surface area contributed by atoms with E-state index in [9.17, 15) is 0 Å². The van der Waals surface area contributed by atoms with Crippen molar-refractivity contribution in [3.8, 4) is 33.4 Å². The number of nitrogens with zero attached hydrogens (tertiary/aromatic N) is 2. The van der Waals surface area contributed by atoms with Crippen LogP contribution in [0.4, 0.5) is 17.1 Å². The van der Waals surface area contributed by atoms with Crippen LogP contribution in [0.2, 0.25) is 0 Å². The van der Waals surface area contributed by atoms with E-state index in [-0.39, 0.29) is 0 Å². The Kier molecular flexibility index (Phi) is 6.80. The van der Waals surface area contributed by atoms with Gasteiger partial charge in [-0.25, -0.2) is 0 Å². The SMILES string of the molecule is c1ccc(-c2ccc(N(c3ccc(-c4ccc5c(c4)oc4cnccc45)cc3)c3ccc(-c4cccc5ccccc45)cc3)cc2)cc1. The van der Waals surface area contributed by atoms with Crippen LogP contribution in [0, 0.1) is 0 Å². The summed E-state index contributed by atoms with van der Waals surface area (Å²) in [6, 6.07) is 60.5. The number of benzene rings is 7. The summed E-state index contributed by atoms with van der Waals surface area (Å²) in [5, 5.41) is 4.69. The van der Waals surface area contributed by atoms with Crippen LogP contribution >= 0.6 is 0 Å². The molecule has 48 heavy (non-hydrogen) atoms. The number of rotatable bonds is 6. The Hall–Kier alpha value is -6.45. The number of hydrogen-bond acceptors (Lipinski definition) is 3. The Morgan fingerprint density at radius 3 is 1.69 bits per heavy atom. The minimum absolute atomic E-state index is 0.806. The van der Waals surface area contributed by atoms with Crippen LogP contribution in [0.1, 0.15) is 0 Å². The number of anilines is 3. The average molecular weight is 615 g/mol. The lowest BCUT2D eigenvalue weighted by molar-refractivity contribution is 0.667. The van der Waals surface area contributed by atoms with Gasteiger partial charge in [0.1, 0.15) is 5.58 Å². The number of fused-ring (bicyclic) bond motifs is 4. The van der Waals surface area contributed by atoms with Gasteiger partial charge in [-0.3, -0.25) is 4.98 Å². The van der Waals surface area contributed by atoms with Crippen molar-refractivity contribution in [2.75, 3.05) is 4.90 Å². The zero-order valence-electron chi connectivity index (χ0n) is 26.1. The Morgan fingerprint density at radius 1 is 0.396 bits per heavy atom. The van der Waals surface area contributed by atoms with Gasteiger partial charge in [0.2, 0.25) is 0 Å². The minimum Gasteiger partial charge on any atom is -0.454 e. The van der Waals surface area contributed by atoms with E-state index >= 15 is 0 Å². The van der Waals surface area contributed by atoms with Gasteiger partial charge < -0.3 is 9.32 Å². The van der Waals surface area contributed by atoms with E-state index in [2.05, 4.69) is 174 Å². The van der Waals surface area contributed by atoms with E-state index in [4.69, 9.17) is 4.42 Å². The largest absolute Gasteiger partial charge is 0.454 e. The molecule has 2 heterocycles. The maximum absolute atomic E-state index is 6.13. The molecule has 0 saturated heterocycles. The highest BCUT2D eigenvalue weighted by Crippen LogP contribution is 2.39. The fourth-order valence-electron chi connectivity index (χ4n) is 6.76. The quantitative estimate of drug-likeness (QED) is 0.187. The van der Waals surface area contributed by atoms with Gasteiger partial charge >= 0.3 is 0 Å². The molecular formula is C45H30N2O. The molecule has 0 N–H and O–H groups in total. The van der Waals surface area contributed by atoms with Crippen molar-refractivity contribution < 1.29 is 4.42 Å². The van der Waals surface area contributed by atoms with E-state index < -0.39 is 0 Å². The standard InChI is InChI=1S/C45H30N2O/c1-2-7-31(8-3-1)32-13-20-37(21-14-32)47(39-24-17-35(18-25-39)41-12-6-10-34-9-4-5-11-40(34)41)38-22-15-33(16-23-38)36-19-26-42-43-27-28-46-30-45(43)48-44(42)29-36/h1-30H. The van der Waals surface area contributed by atoms with Gasteiger partial charge in [0, 0.05) is 34.0 Å². The molecule has 3 heteroatoms. The summed E-state index contributed by atoms with van der Waals surface area (Å²) < 4.78 is 6.13. The molecule has 0 saturated carbocycles. The first kappa shape index (κ1) is 27.8. The molecule has 7 aromatic carbocycles. The van der Waals surface area contributed by atoms with Crippen molar-refractivity contribution in [1.29, 1.82) is 0 Å². The monoisotopic (exact) mass is 614 g/mol. The molecule has 0 aliphatic rings. The third-order valence-electron chi connectivity index (χ3n) is 9.19. The van der Waals surface area contributed by atoms with Gasteiger partial charge in [-0.1, -0.05) is 115 Å². The van der Waals surface area contributed by atoms with Crippen molar-refractivity contribution in [3.05, 3.63) is 182 Å². The second-order valence-corrected chi connectivity index (χ2v) is 12.1. The van der Waals surface area contributed by atoms with Crippen LogP contribution in [0.3, 0.4) is 0 Å². The molecule has 9 rings (SSSR count). The molecule has 0 amide bonds. The molecule has 9 aromatic rings. The summed E-state index contributed by atoms with van der Waals surface area (Å²) in [5.74, 6) is 0. The minimum atomic E-state index is 0.806. The van der Waals surface area contributed by atoms with E-state index in [0.717, 1.165) is 50.1 Å². The highest BCUT2D eigenvalue weighted by atomic mass is 16.3. The molecule has 3 nitrogen and oxygen atoms in total. The Balaban J connectivity index is 1.10. The highest BCUT2D eigenvalue weighted by molar-refractivity contribution is 6.05. The van der Waals surface area contributed by atoms with Crippen LogP contribution in [0.5, 0.6) is 0 Å². The van der Waals surface area contributed by atoms with Gasteiger partial charge in [-0.05, 0) is 98.8 Å². The van der Waals surface area contributed by atoms with Gasteiger partial charge in [-0.15, -0.1) is 0 Å². The topological polar surface area (TPSA) is 29.3 Å². The first-order valence-corrected chi connectivity index (χ1v) is 16.2. The molecule has 0 aliphatic heterocycles. The van der Waals surface area contributed by atoms with Crippen LogP contribution in [0.25, 0.3) is 66.1 Å². The zero-order chi connectivity index (χ0) is 31.9. The van der Waals surface area contributed by atoms with Crippen molar-refractivity contribution in [2.45, 2.75) is 0 Å². The number of furan rings is 1. The lowest BCUT2D eigenvalue weighted by atomic mass is 9.98. The first-order chi connectivity index (χ1) is 23.8. The third-order valence-corrected chi connectivity index (χ3v) is 9.19. The van der Waals surface area contributed by atoms with Crippen molar-refractivity contribution in [3.63, 3.8) is 0 Å². The van der Waals surface area contributed by atoms with Gasteiger partial charge in [-0.2, -0.15) is 0 Å². The first-order valence-electron chi connectivity index (χ1n) is 16.2. The predicted molar refractivity (Wildman–Crippen MR) is 200 cm³/mol. The normalized spacial score (nSPS) is 11.3. The van der Waals surface area contributed by atoms with E-state index in [1.165, 1.54) is 33.0 Å². The fourth-order valence-corrected chi connectivity index (χ4v) is 6.76. The Bertz CT molecular complexity index is 2530. The molecule has 0 unspecified atom stereocenters. The van der Waals surface area contributed by atoms with Gasteiger partial charge in [0.15, 0.2) is 5.58 Å². The zero-order valence-corrected chi connectivity index (χ0v) is 26.1. The fraction of sp³-hybridized carbons (Fsp3) is 0. The molecule has 0 bridgehead atoms. The van der Waals surface area contributed by atoms with Crippen LogP contribution in [0.15, 0.2) is 187 Å². The number of hydrogen-bond donors (Lipinski definition) is 0. The maximum atomic E-state index is 6.13. The second kappa shape index (κ2) is 11.7. The lowest BCUT2D eigenvalue weighted by Crippen LogP contribution is -2.09. The van der Waals surface area contributed by atoms with E-state index in [0.29, 0.717) is 0 Å². The summed E-state index contributed by atoms with van der Waals surface area (Å²) in [4.78, 5) is 6.54. The summed E-state index contributed by atoms with van der Waals surface area (Å²) in [6.07, 6.45) is 3.58. The van der Waals surface area contributed by atoms with Gasteiger partial charge in [0.05, 0.1) is 6.20 Å². The molecule has 0 spiro atoms. The molecule has 0 aliphatic carbocycles. The number of aromatic nitrogens is 1. The average Bonchev–Trinajstić information content (AvgIpc) is 3.54. The molecule has 2 aromatic heterocycles. The Labute approximate surface area is 279 Å². The van der Waals surface area contributed by atoms with Crippen molar-refractivity contribution in [1.82, 2.24) is 4.98 Å². The predicted octanol–water partition coefficient (Wildman–Crippen LogP) is 12.6. The highest BCUT2D eigenvalue weighted by Gasteiger charge is 2.15. The smallest absolute Gasteiger partial charge is 0.153 e. The van der Waals surface area contributed by atoms with Crippen molar-refractivity contribution in [2.24, 2.45) is 0 Å². The number of pyridine rings is 1. The van der Waals surface area contributed by atoms with E-state index in [1.54, 1.807) is 6.20 Å². The summed E-state index contributed by atoms with van der Waals surface area (Å²) in [7, 11) is 0. The molecule has 0 radical (unpaired) electrons. The molecular weight excluding hydrogens is 585 g/mol. The summed E-state index contributed by atoms with van der Waals surface area (Å²) in [5.41, 5.74) is 12.0. The van der Waals surface area contributed by atoms with E-state index in [1.807, 2.05) is 12.3 Å². The lowest BCUT2D eigenvalue weighted by Gasteiger charge is -2.26. The summed E-state index contributed by atoms with van der Waals surface area (Å²) >= 11 is 0. The molecule has 226 valence electrons. The molecule has 0 fully saturated rings. The van der Waals surface area contributed by atoms with Crippen LogP contribution in [-0.4, -0.2) is 4.98 Å². The van der Waals surface area contributed by atoms with Crippen LogP contribution in [-0.2, 0) is 0 Å². The third kappa shape index (κ3) is 4.99. The van der Waals surface area contributed by atoms with Gasteiger partial charge in [0.25, 0.3) is 0 Å².